The number of anilines is 3. The van der Waals surface area contributed by atoms with Crippen molar-refractivity contribution in [1.82, 2.24) is 9.97 Å². The number of nitrogens with zero attached hydrogens (tertiary/aromatic N) is 3. The van der Waals surface area contributed by atoms with Crippen LogP contribution in [0.4, 0.5) is 31.9 Å². The van der Waals surface area contributed by atoms with E-state index in [1.165, 1.54) is 6.07 Å². The molecular weight excluding hydrogens is 260 g/mol. The van der Waals surface area contributed by atoms with Crippen molar-refractivity contribution < 1.29 is 13.7 Å². The molecule has 0 aliphatic rings. The lowest BCUT2D eigenvalue weighted by atomic mass is 10.3. The minimum Gasteiger partial charge on any atom is -0.378 e. The Hall–Kier alpha value is -2.84. The summed E-state index contributed by atoms with van der Waals surface area (Å²) in [6, 6.07) is 3.09. The molecule has 1 aromatic heterocycles. The number of nitrogens with two attached hydrogens (primary N) is 1. The monoisotopic (exact) mass is 267 g/mol. The lowest BCUT2D eigenvalue weighted by molar-refractivity contribution is -0.384. The second-order valence-corrected chi connectivity index (χ2v) is 3.48. The van der Waals surface area contributed by atoms with Gasteiger partial charge in [-0.3, -0.25) is 10.1 Å². The number of nitro groups is 1. The summed E-state index contributed by atoms with van der Waals surface area (Å²) < 4.78 is 25.7. The van der Waals surface area contributed by atoms with Gasteiger partial charge in [-0.1, -0.05) is 0 Å². The van der Waals surface area contributed by atoms with Crippen LogP contribution in [0.25, 0.3) is 0 Å². The van der Waals surface area contributed by atoms with Crippen molar-refractivity contribution in [2.75, 3.05) is 11.1 Å². The maximum atomic E-state index is 13.0. The molecule has 1 heterocycles. The molecule has 19 heavy (non-hydrogen) atoms. The average molecular weight is 267 g/mol. The smallest absolute Gasteiger partial charge is 0.329 e. The second-order valence-electron chi connectivity index (χ2n) is 3.48. The Kier molecular flexibility index (Phi) is 3.19. The summed E-state index contributed by atoms with van der Waals surface area (Å²) in [5.74, 6) is -2.42. The molecule has 0 spiro atoms. The fourth-order valence-corrected chi connectivity index (χ4v) is 1.29. The molecule has 0 saturated carbocycles. The van der Waals surface area contributed by atoms with E-state index < -0.39 is 22.2 Å². The molecule has 0 saturated heterocycles. The first-order valence-electron chi connectivity index (χ1n) is 4.96. The SMILES string of the molecule is Nc1nc(Nc2ccc(F)c(F)c2)ncc1[N+](=O)[O-]. The molecule has 0 fully saturated rings. The summed E-state index contributed by atoms with van der Waals surface area (Å²) in [5.41, 5.74) is 5.12. The van der Waals surface area contributed by atoms with Crippen LogP contribution in [0.15, 0.2) is 24.4 Å². The summed E-state index contributed by atoms with van der Waals surface area (Å²) >= 11 is 0. The fourth-order valence-electron chi connectivity index (χ4n) is 1.29. The van der Waals surface area contributed by atoms with Crippen molar-refractivity contribution in [2.45, 2.75) is 0 Å². The molecule has 0 atom stereocenters. The molecule has 7 nitrogen and oxygen atoms in total. The lowest BCUT2D eigenvalue weighted by Gasteiger charge is -2.05. The number of halogens is 2. The van der Waals surface area contributed by atoms with Gasteiger partial charge in [0, 0.05) is 11.8 Å². The Balaban J connectivity index is 2.26. The van der Waals surface area contributed by atoms with Crippen LogP contribution in [-0.2, 0) is 0 Å². The van der Waals surface area contributed by atoms with Gasteiger partial charge in [0.1, 0.15) is 6.20 Å². The molecule has 3 N–H and O–H groups in total. The zero-order valence-corrected chi connectivity index (χ0v) is 9.30. The van der Waals surface area contributed by atoms with E-state index in [2.05, 4.69) is 15.3 Å². The maximum absolute atomic E-state index is 13.0. The molecule has 0 aliphatic heterocycles. The van der Waals surface area contributed by atoms with Gasteiger partial charge in [0.25, 0.3) is 0 Å². The van der Waals surface area contributed by atoms with E-state index in [4.69, 9.17) is 5.73 Å². The van der Waals surface area contributed by atoms with Crippen LogP contribution in [0.5, 0.6) is 0 Å². The molecule has 0 aliphatic carbocycles. The summed E-state index contributed by atoms with van der Waals surface area (Å²) in [6.45, 7) is 0. The molecule has 0 amide bonds. The number of nitrogens with one attached hydrogen (secondary N) is 1. The lowest BCUT2D eigenvalue weighted by Crippen LogP contribution is -2.04. The van der Waals surface area contributed by atoms with E-state index in [1.807, 2.05) is 0 Å². The van der Waals surface area contributed by atoms with E-state index in [0.29, 0.717) is 0 Å². The number of nitrogen functional groups attached to an aromatic ring is 1. The highest BCUT2D eigenvalue weighted by molar-refractivity contribution is 5.58. The maximum Gasteiger partial charge on any atom is 0.329 e. The third kappa shape index (κ3) is 2.70. The van der Waals surface area contributed by atoms with Gasteiger partial charge in [-0.25, -0.2) is 13.8 Å². The van der Waals surface area contributed by atoms with Crippen molar-refractivity contribution in [2.24, 2.45) is 0 Å². The van der Waals surface area contributed by atoms with Crippen molar-refractivity contribution >= 4 is 23.1 Å². The zero-order valence-electron chi connectivity index (χ0n) is 9.30. The van der Waals surface area contributed by atoms with Crippen molar-refractivity contribution in [3.05, 3.63) is 46.1 Å². The standard InChI is InChI=1S/C10H7F2N5O2/c11-6-2-1-5(3-7(6)12)15-10-14-4-8(17(18)19)9(13)16-10/h1-4H,(H3,13,14,15,16). The third-order valence-corrected chi connectivity index (χ3v) is 2.17. The van der Waals surface area contributed by atoms with Gasteiger partial charge in [0.15, 0.2) is 11.6 Å². The summed E-state index contributed by atoms with van der Waals surface area (Å²) in [7, 11) is 0. The molecule has 0 radical (unpaired) electrons. The van der Waals surface area contributed by atoms with E-state index in [9.17, 15) is 18.9 Å². The van der Waals surface area contributed by atoms with Crippen LogP contribution >= 0.6 is 0 Å². The number of rotatable bonds is 3. The predicted octanol–water partition coefficient (Wildman–Crippen LogP) is 1.99. The van der Waals surface area contributed by atoms with Gasteiger partial charge >= 0.3 is 5.69 Å². The van der Waals surface area contributed by atoms with E-state index in [1.54, 1.807) is 0 Å². The second kappa shape index (κ2) is 4.80. The summed E-state index contributed by atoms with van der Waals surface area (Å²) in [6.07, 6.45) is 0.921. The van der Waals surface area contributed by atoms with Crippen LogP contribution in [-0.4, -0.2) is 14.9 Å². The molecule has 2 aromatic rings. The Morgan fingerprint density at radius 3 is 2.63 bits per heavy atom. The highest BCUT2D eigenvalue weighted by atomic mass is 19.2. The first-order chi connectivity index (χ1) is 8.97. The van der Waals surface area contributed by atoms with Crippen molar-refractivity contribution in [3.8, 4) is 0 Å². The highest BCUT2D eigenvalue weighted by Crippen LogP contribution is 2.21. The quantitative estimate of drug-likeness (QED) is 0.650. The number of benzene rings is 1. The minimum absolute atomic E-state index is 0.0610. The van der Waals surface area contributed by atoms with Crippen LogP contribution in [0.1, 0.15) is 0 Å². The number of hydrogen-bond acceptors (Lipinski definition) is 6. The van der Waals surface area contributed by atoms with Crippen molar-refractivity contribution in [3.63, 3.8) is 0 Å². The summed E-state index contributed by atoms with van der Waals surface area (Å²) in [4.78, 5) is 17.1. The normalized spacial score (nSPS) is 10.2. The summed E-state index contributed by atoms with van der Waals surface area (Å²) in [5, 5.41) is 13.1. The van der Waals surface area contributed by atoms with E-state index in [-0.39, 0.29) is 17.5 Å². The van der Waals surface area contributed by atoms with Crippen LogP contribution in [0.2, 0.25) is 0 Å². The van der Waals surface area contributed by atoms with Gasteiger partial charge in [0.05, 0.1) is 4.92 Å². The van der Waals surface area contributed by atoms with Gasteiger partial charge in [-0.2, -0.15) is 4.98 Å². The van der Waals surface area contributed by atoms with Gasteiger partial charge in [-0.15, -0.1) is 0 Å². The molecule has 0 unspecified atom stereocenters. The van der Waals surface area contributed by atoms with E-state index in [0.717, 1.165) is 18.3 Å². The Morgan fingerprint density at radius 2 is 2.05 bits per heavy atom. The number of hydrogen-bond donors (Lipinski definition) is 2. The largest absolute Gasteiger partial charge is 0.378 e. The zero-order chi connectivity index (χ0) is 14.0. The fraction of sp³-hybridized carbons (Fsp3) is 0. The van der Waals surface area contributed by atoms with Gasteiger partial charge < -0.3 is 11.1 Å². The van der Waals surface area contributed by atoms with Crippen LogP contribution in [0, 0.1) is 21.7 Å². The first-order valence-corrected chi connectivity index (χ1v) is 4.96. The Bertz CT molecular complexity index is 650. The van der Waals surface area contributed by atoms with Crippen LogP contribution in [0.3, 0.4) is 0 Å². The third-order valence-electron chi connectivity index (χ3n) is 2.17. The topological polar surface area (TPSA) is 107 Å². The molecule has 9 heteroatoms. The average Bonchev–Trinajstić information content (AvgIpc) is 2.33. The minimum atomic E-state index is -1.04. The number of aromatic nitrogens is 2. The molecular formula is C10H7F2N5O2. The van der Waals surface area contributed by atoms with Gasteiger partial charge in [-0.05, 0) is 12.1 Å². The molecule has 1 aromatic carbocycles. The molecule has 2 rings (SSSR count). The van der Waals surface area contributed by atoms with Crippen LogP contribution < -0.4 is 11.1 Å². The predicted molar refractivity (Wildman–Crippen MR) is 62.7 cm³/mol. The van der Waals surface area contributed by atoms with E-state index >= 15 is 0 Å². The van der Waals surface area contributed by atoms with Gasteiger partial charge in [0.2, 0.25) is 11.8 Å². The molecule has 0 bridgehead atoms. The molecule has 98 valence electrons. The highest BCUT2D eigenvalue weighted by Gasteiger charge is 2.14. The Morgan fingerprint density at radius 1 is 1.32 bits per heavy atom. The Labute approximate surface area is 105 Å². The first kappa shape index (κ1) is 12.6. The van der Waals surface area contributed by atoms with Crippen molar-refractivity contribution in [1.29, 1.82) is 0 Å².